The van der Waals surface area contributed by atoms with Crippen LogP contribution in [0, 0.1) is 6.92 Å². The third kappa shape index (κ3) is 9.35. The molecule has 0 spiro atoms. The number of rotatable bonds is 8. The normalized spacial score (nSPS) is 14.5. The van der Waals surface area contributed by atoms with E-state index >= 15 is 0 Å². The third-order valence-electron chi connectivity index (χ3n) is 13.4. The predicted molar refractivity (Wildman–Crippen MR) is 299 cm³/mol. The number of aryl methyl sites for hydroxylation is 1. The van der Waals surface area contributed by atoms with Crippen molar-refractivity contribution in [2.75, 3.05) is 0 Å². The number of pyridine rings is 1. The summed E-state index contributed by atoms with van der Waals surface area (Å²) in [6.45, 7) is 4.66. The van der Waals surface area contributed by atoms with E-state index < -0.39 is 31.4 Å². The summed E-state index contributed by atoms with van der Waals surface area (Å²) < 4.78 is 77.1. The topological polar surface area (TPSA) is 50.9 Å². The number of benzene rings is 8. The van der Waals surface area contributed by atoms with Gasteiger partial charge in [0.25, 0.3) is 0 Å². The number of aromatic hydroxyl groups is 1. The van der Waals surface area contributed by atoms with Gasteiger partial charge < -0.3 is 5.11 Å². The van der Waals surface area contributed by atoms with Crippen LogP contribution in [0.3, 0.4) is 0 Å². The van der Waals surface area contributed by atoms with Crippen molar-refractivity contribution in [2.45, 2.75) is 85.3 Å². The Morgan fingerprint density at radius 3 is 1.76 bits per heavy atom. The highest BCUT2D eigenvalue weighted by molar-refractivity contribution is 5.99. The molecule has 2 aromatic heterocycles. The maximum atomic E-state index is 12.7. The molecule has 71 heavy (non-hydrogen) atoms. The van der Waals surface area contributed by atoms with Gasteiger partial charge in [-0.2, -0.15) is 0 Å². The molecule has 1 N–H and O–H groups in total. The molecule has 0 atom stereocenters. The Kier molecular flexibility index (Phi) is 9.49. The van der Waals surface area contributed by atoms with Gasteiger partial charge in [-0.1, -0.05) is 201 Å². The van der Waals surface area contributed by atoms with Gasteiger partial charge in [0.1, 0.15) is 11.6 Å². The Hall–Kier alpha value is -7.82. The second-order valence-corrected chi connectivity index (χ2v) is 20.8. The van der Waals surface area contributed by atoms with Crippen molar-refractivity contribution in [1.82, 2.24) is 14.5 Å². The highest BCUT2D eigenvalue weighted by Gasteiger charge is 2.29. The minimum absolute atomic E-state index is 0.122. The zero-order valence-corrected chi connectivity index (χ0v) is 41.3. The fraction of sp³-hybridized carbons (Fsp3) is 0.194. The van der Waals surface area contributed by atoms with Crippen LogP contribution in [0.5, 0.6) is 5.75 Å². The van der Waals surface area contributed by atoms with Gasteiger partial charge in [0.2, 0.25) is 0 Å². The van der Waals surface area contributed by atoms with Gasteiger partial charge in [0, 0.05) is 40.8 Å². The molecule has 0 aliphatic carbocycles. The first kappa shape index (κ1) is 37.1. The fourth-order valence-corrected chi connectivity index (χ4v) is 9.56. The molecule has 0 unspecified atom stereocenters. The zero-order chi connectivity index (χ0) is 57.3. The summed E-state index contributed by atoms with van der Waals surface area (Å²) in [4.78, 5) is 10.6. The Bertz CT molecular complexity index is 3900. The molecule has 10 aromatic rings. The second kappa shape index (κ2) is 18.2. The van der Waals surface area contributed by atoms with Crippen LogP contribution in [0.1, 0.15) is 96.7 Å². The highest BCUT2D eigenvalue weighted by Crippen LogP contribution is 2.46. The van der Waals surface area contributed by atoms with E-state index in [9.17, 15) is 5.11 Å². The van der Waals surface area contributed by atoms with E-state index in [0.717, 1.165) is 78.1 Å². The summed E-state index contributed by atoms with van der Waals surface area (Å²) in [5, 5.41) is 12.7. The first-order chi connectivity index (χ1) is 37.7. The molecule has 4 heteroatoms. The monoisotopic (exact) mass is 935 g/mol. The van der Waals surface area contributed by atoms with Gasteiger partial charge in [-0.05, 0) is 133 Å². The molecule has 352 valence electrons. The van der Waals surface area contributed by atoms with Crippen LogP contribution in [-0.2, 0) is 16.2 Å². The van der Waals surface area contributed by atoms with Crippen LogP contribution in [-0.4, -0.2) is 19.6 Å². The van der Waals surface area contributed by atoms with Gasteiger partial charge in [-0.3, -0.25) is 9.55 Å². The molecule has 0 radical (unpaired) electrons. The van der Waals surface area contributed by atoms with Crippen LogP contribution >= 0.6 is 0 Å². The van der Waals surface area contributed by atoms with Crippen LogP contribution in [0.25, 0.3) is 95.0 Å². The average Bonchev–Trinajstić information content (AvgIpc) is 3.96. The number of hydrogen-bond acceptors (Lipinski definition) is 3. The molecule has 0 fully saturated rings. The molecule has 4 nitrogen and oxygen atoms in total. The number of imidazole rings is 1. The summed E-state index contributed by atoms with van der Waals surface area (Å²) in [6, 6.07) is 61.4. The maximum absolute atomic E-state index is 12.7. The molecule has 10 rings (SSSR count). The van der Waals surface area contributed by atoms with Crippen molar-refractivity contribution < 1.29 is 17.4 Å². The van der Waals surface area contributed by atoms with E-state index in [2.05, 4.69) is 132 Å². The van der Waals surface area contributed by atoms with Crippen molar-refractivity contribution in [3.8, 4) is 89.7 Å². The lowest BCUT2D eigenvalue weighted by Gasteiger charge is -2.27. The number of aromatic nitrogens is 3. The van der Waals surface area contributed by atoms with Gasteiger partial charge in [0.05, 0.1) is 28.0 Å². The van der Waals surface area contributed by atoms with Crippen molar-refractivity contribution in [3.05, 3.63) is 217 Å². The van der Waals surface area contributed by atoms with E-state index in [4.69, 9.17) is 22.3 Å². The van der Waals surface area contributed by atoms with Gasteiger partial charge in [-0.25, -0.2) is 4.98 Å². The number of nitrogens with zero attached hydrogens (tertiary/aromatic N) is 3. The van der Waals surface area contributed by atoms with Crippen LogP contribution < -0.4 is 0 Å². The molecular weight excluding hydrogens is 863 g/mol. The van der Waals surface area contributed by atoms with E-state index in [1.807, 2.05) is 91.1 Å². The fourth-order valence-electron chi connectivity index (χ4n) is 9.56. The molecule has 0 aliphatic heterocycles. The van der Waals surface area contributed by atoms with E-state index in [0.29, 0.717) is 28.0 Å². The molecule has 0 saturated carbocycles. The molecule has 0 aliphatic rings. The molecule has 2 heterocycles. The first-order valence-electron chi connectivity index (χ1n) is 28.6. The number of phenols is 1. The second-order valence-electron chi connectivity index (χ2n) is 20.8. The molecular formula is C67H63N3O. The smallest absolute Gasteiger partial charge is 0.149 e. The zero-order valence-electron chi connectivity index (χ0n) is 50.3. The average molecular weight is 935 g/mol. The maximum Gasteiger partial charge on any atom is 0.149 e. The molecule has 8 aromatic carbocycles. The summed E-state index contributed by atoms with van der Waals surface area (Å²) >= 11 is 0. The Labute approximate surface area is 433 Å². The lowest BCUT2D eigenvalue weighted by atomic mass is 9.79. The van der Waals surface area contributed by atoms with Gasteiger partial charge in [-0.15, -0.1) is 0 Å². The number of hydrogen-bond donors (Lipinski definition) is 1. The first-order valence-corrected chi connectivity index (χ1v) is 24.1. The Morgan fingerprint density at radius 2 is 1.07 bits per heavy atom. The number of para-hydroxylation sites is 1. The van der Waals surface area contributed by atoms with Crippen molar-refractivity contribution in [3.63, 3.8) is 0 Å². The largest absolute Gasteiger partial charge is 0.507 e. The summed E-state index contributed by atoms with van der Waals surface area (Å²) in [5.74, 6) is 0.634. The molecule has 0 saturated heterocycles. The minimum Gasteiger partial charge on any atom is -0.507 e. The van der Waals surface area contributed by atoms with Crippen LogP contribution in [0.2, 0.25) is 0 Å². The highest BCUT2D eigenvalue weighted by atomic mass is 16.3. The van der Waals surface area contributed by atoms with Crippen molar-refractivity contribution in [2.24, 2.45) is 0 Å². The quantitative estimate of drug-likeness (QED) is 0.165. The van der Waals surface area contributed by atoms with Gasteiger partial charge in [0.15, 0.2) is 0 Å². The lowest BCUT2D eigenvalue weighted by molar-refractivity contribution is 0.446. The SMILES string of the molecule is [2H]C([2H])([2H])C(c1ccc(-c2ccc(-n3c(-c4cc(C(C)(C)C)cc(C(C)(C)C)c4O)nc4c(-c5cc(-c6ccccc6)cc(-c6cc(-c7cccc(C)c7)ccn6)c5)cccc43)c(-c3ccccc3)c2)cc1)(C([2H])([2H])[2H])C([2H])([2H])[2H]. The minimum atomic E-state index is -3.40. The lowest BCUT2D eigenvalue weighted by Crippen LogP contribution is -2.17. The van der Waals surface area contributed by atoms with E-state index in [1.54, 1.807) is 12.1 Å². The number of phenolic OH excluding ortho intramolecular Hbond substituents is 1. The van der Waals surface area contributed by atoms with Crippen LogP contribution in [0.4, 0.5) is 0 Å². The summed E-state index contributed by atoms with van der Waals surface area (Å²) in [5.41, 5.74) is 12.1. The standard InChI is InChI=1S/C67H63N3O/c1-43-19-17-24-47(35-43)49-33-34-68-59(40-49)52-37-50(44-20-13-11-14-21-44)36-51(38-52)55-25-18-26-61-62(55)69-64(57-41-54(66(5,6)7)42-58(63(57)71)67(8,9)10)70(61)60-32-29-48(39-56(60)46-22-15-12-16-23-46)45-27-30-53(31-28-45)65(2,3)4/h11-42,71H,1-10H3/i2D3,3D3,4D3. The van der Waals surface area contributed by atoms with E-state index in [-0.39, 0.29) is 16.7 Å². The predicted octanol–water partition coefficient (Wildman–Crippen LogP) is 18.0. The Morgan fingerprint density at radius 1 is 0.451 bits per heavy atom. The summed E-state index contributed by atoms with van der Waals surface area (Å²) in [6.07, 6.45) is 1.86. The van der Waals surface area contributed by atoms with E-state index in [1.165, 1.54) is 17.7 Å². The Balaban J connectivity index is 1.25. The molecule has 0 bridgehead atoms. The van der Waals surface area contributed by atoms with Crippen molar-refractivity contribution >= 4 is 11.0 Å². The summed E-state index contributed by atoms with van der Waals surface area (Å²) in [7, 11) is 0. The van der Waals surface area contributed by atoms with Crippen molar-refractivity contribution in [1.29, 1.82) is 0 Å². The third-order valence-corrected chi connectivity index (χ3v) is 13.4. The number of fused-ring (bicyclic) bond motifs is 1. The molecule has 0 amide bonds. The van der Waals surface area contributed by atoms with Crippen LogP contribution in [0.15, 0.2) is 194 Å². The van der Waals surface area contributed by atoms with Gasteiger partial charge >= 0.3 is 0 Å².